The molecule has 2 rings (SSSR count). The standard InChI is InChI=1S/C14H16N2/c1-10(2)15-13-9-14(16-11(13)3)12-7-5-4-6-8-12/h4-9,15-16H,1H2,2-3H3. The molecule has 0 saturated heterocycles. The topological polar surface area (TPSA) is 27.8 Å². The smallest absolute Gasteiger partial charge is 0.0596 e. The third kappa shape index (κ3) is 2.16. The maximum absolute atomic E-state index is 3.85. The molecule has 0 saturated carbocycles. The molecule has 1 aromatic heterocycles. The number of hydrogen-bond donors (Lipinski definition) is 2. The quantitative estimate of drug-likeness (QED) is 0.792. The minimum atomic E-state index is 0.946. The van der Waals surface area contributed by atoms with E-state index >= 15 is 0 Å². The fourth-order valence-electron chi connectivity index (χ4n) is 1.69. The Morgan fingerprint density at radius 3 is 2.56 bits per heavy atom. The molecule has 2 heteroatoms. The summed E-state index contributed by atoms with van der Waals surface area (Å²) < 4.78 is 0. The van der Waals surface area contributed by atoms with Gasteiger partial charge < -0.3 is 10.3 Å². The SMILES string of the molecule is C=C(C)Nc1cc(-c2ccccc2)[nH]c1C. The Hall–Kier alpha value is -1.96. The first kappa shape index (κ1) is 10.6. The molecule has 0 amide bonds. The van der Waals surface area contributed by atoms with Crippen LogP contribution in [0.25, 0.3) is 11.3 Å². The summed E-state index contributed by atoms with van der Waals surface area (Å²) in [7, 11) is 0. The lowest BCUT2D eigenvalue weighted by atomic mass is 10.1. The zero-order valence-electron chi connectivity index (χ0n) is 9.67. The van der Waals surface area contributed by atoms with Crippen molar-refractivity contribution in [3.63, 3.8) is 0 Å². The number of aromatic amines is 1. The van der Waals surface area contributed by atoms with E-state index in [-0.39, 0.29) is 0 Å². The Balaban J connectivity index is 2.34. The first-order valence-electron chi connectivity index (χ1n) is 5.34. The van der Waals surface area contributed by atoms with Crippen molar-refractivity contribution in [3.05, 3.63) is 54.4 Å². The Kier molecular flexibility index (Phi) is 2.82. The summed E-state index contributed by atoms with van der Waals surface area (Å²) in [4.78, 5) is 3.36. The van der Waals surface area contributed by atoms with E-state index in [1.54, 1.807) is 0 Å². The fourth-order valence-corrected chi connectivity index (χ4v) is 1.69. The Labute approximate surface area is 96.0 Å². The Bertz CT molecular complexity index is 495. The molecule has 1 aromatic carbocycles. The van der Waals surface area contributed by atoms with Gasteiger partial charge in [-0.15, -0.1) is 0 Å². The van der Waals surface area contributed by atoms with Crippen LogP contribution >= 0.6 is 0 Å². The first-order valence-corrected chi connectivity index (χ1v) is 5.34. The van der Waals surface area contributed by atoms with Gasteiger partial charge in [-0.05, 0) is 25.5 Å². The highest BCUT2D eigenvalue weighted by Crippen LogP contribution is 2.25. The van der Waals surface area contributed by atoms with Crippen molar-refractivity contribution in [2.75, 3.05) is 5.32 Å². The number of allylic oxidation sites excluding steroid dienone is 1. The van der Waals surface area contributed by atoms with Gasteiger partial charge in [0.25, 0.3) is 0 Å². The summed E-state index contributed by atoms with van der Waals surface area (Å²) in [6, 6.07) is 12.4. The van der Waals surface area contributed by atoms with Crippen LogP contribution in [0.2, 0.25) is 0 Å². The highest BCUT2D eigenvalue weighted by Gasteiger charge is 2.05. The average Bonchev–Trinajstić information content (AvgIpc) is 2.61. The highest BCUT2D eigenvalue weighted by atomic mass is 14.9. The van der Waals surface area contributed by atoms with Crippen LogP contribution < -0.4 is 5.32 Å². The fraction of sp³-hybridized carbons (Fsp3) is 0.143. The monoisotopic (exact) mass is 212 g/mol. The van der Waals surface area contributed by atoms with Crippen LogP contribution in [0.1, 0.15) is 12.6 Å². The maximum Gasteiger partial charge on any atom is 0.0596 e. The number of aromatic nitrogens is 1. The highest BCUT2D eigenvalue weighted by molar-refractivity contribution is 5.68. The van der Waals surface area contributed by atoms with Crippen LogP contribution in [0, 0.1) is 6.92 Å². The van der Waals surface area contributed by atoms with Crippen LogP contribution in [0.15, 0.2) is 48.7 Å². The lowest BCUT2D eigenvalue weighted by molar-refractivity contribution is 1.25. The summed E-state index contributed by atoms with van der Waals surface area (Å²) in [5.74, 6) is 0. The molecule has 0 fully saturated rings. The van der Waals surface area contributed by atoms with Gasteiger partial charge in [0.2, 0.25) is 0 Å². The molecular formula is C14H16N2. The third-order valence-corrected chi connectivity index (χ3v) is 2.45. The summed E-state index contributed by atoms with van der Waals surface area (Å²) in [6.07, 6.45) is 0. The molecule has 0 radical (unpaired) electrons. The molecule has 2 N–H and O–H groups in total. The number of H-pyrrole nitrogens is 1. The van der Waals surface area contributed by atoms with E-state index in [1.807, 2.05) is 25.1 Å². The van der Waals surface area contributed by atoms with E-state index in [1.165, 1.54) is 5.56 Å². The van der Waals surface area contributed by atoms with Gasteiger partial charge in [0.1, 0.15) is 0 Å². The molecule has 0 aliphatic carbocycles. The van der Waals surface area contributed by atoms with Crippen LogP contribution in [-0.4, -0.2) is 4.98 Å². The molecule has 0 unspecified atom stereocenters. The van der Waals surface area contributed by atoms with Crippen LogP contribution in [0.4, 0.5) is 5.69 Å². The summed E-state index contributed by atoms with van der Waals surface area (Å²) in [5, 5.41) is 3.24. The normalized spacial score (nSPS) is 10.1. The van der Waals surface area contributed by atoms with Gasteiger partial charge in [0.15, 0.2) is 0 Å². The molecule has 2 nitrogen and oxygen atoms in total. The van der Waals surface area contributed by atoms with Crippen molar-refractivity contribution in [2.45, 2.75) is 13.8 Å². The van der Waals surface area contributed by atoms with Crippen LogP contribution in [0.3, 0.4) is 0 Å². The minimum Gasteiger partial charge on any atom is -0.358 e. The van der Waals surface area contributed by atoms with Crippen molar-refractivity contribution < 1.29 is 0 Å². The second-order valence-corrected chi connectivity index (χ2v) is 3.99. The van der Waals surface area contributed by atoms with E-state index in [4.69, 9.17) is 0 Å². The Morgan fingerprint density at radius 1 is 1.25 bits per heavy atom. The third-order valence-electron chi connectivity index (χ3n) is 2.45. The average molecular weight is 212 g/mol. The maximum atomic E-state index is 3.85. The van der Waals surface area contributed by atoms with Crippen molar-refractivity contribution in [2.24, 2.45) is 0 Å². The number of hydrogen-bond acceptors (Lipinski definition) is 1. The number of nitrogens with one attached hydrogen (secondary N) is 2. The van der Waals surface area contributed by atoms with E-state index in [0.717, 1.165) is 22.8 Å². The molecule has 0 spiro atoms. The van der Waals surface area contributed by atoms with Crippen molar-refractivity contribution in [1.29, 1.82) is 0 Å². The minimum absolute atomic E-state index is 0.946. The zero-order valence-corrected chi connectivity index (χ0v) is 9.67. The lowest BCUT2D eigenvalue weighted by Crippen LogP contribution is -1.93. The van der Waals surface area contributed by atoms with Gasteiger partial charge in [-0.1, -0.05) is 36.9 Å². The van der Waals surface area contributed by atoms with Crippen molar-refractivity contribution in [3.8, 4) is 11.3 Å². The second-order valence-electron chi connectivity index (χ2n) is 3.99. The van der Waals surface area contributed by atoms with E-state index in [2.05, 4.69) is 42.0 Å². The van der Waals surface area contributed by atoms with Gasteiger partial charge in [-0.25, -0.2) is 0 Å². The number of anilines is 1. The predicted molar refractivity (Wildman–Crippen MR) is 69.4 cm³/mol. The van der Waals surface area contributed by atoms with E-state index in [0.29, 0.717) is 0 Å². The van der Waals surface area contributed by atoms with Gasteiger partial charge in [-0.2, -0.15) is 0 Å². The number of benzene rings is 1. The lowest BCUT2D eigenvalue weighted by Gasteiger charge is -2.02. The zero-order chi connectivity index (χ0) is 11.5. The van der Waals surface area contributed by atoms with Crippen molar-refractivity contribution in [1.82, 2.24) is 4.98 Å². The summed E-state index contributed by atoms with van der Waals surface area (Å²) in [6.45, 7) is 7.85. The second kappa shape index (κ2) is 4.27. The molecule has 0 bridgehead atoms. The van der Waals surface area contributed by atoms with Gasteiger partial charge in [0, 0.05) is 17.1 Å². The van der Waals surface area contributed by atoms with E-state index in [9.17, 15) is 0 Å². The molecule has 1 heterocycles. The summed E-state index contributed by atoms with van der Waals surface area (Å²) >= 11 is 0. The van der Waals surface area contributed by atoms with Gasteiger partial charge >= 0.3 is 0 Å². The van der Waals surface area contributed by atoms with Crippen LogP contribution in [-0.2, 0) is 0 Å². The predicted octanol–water partition coefficient (Wildman–Crippen LogP) is 3.94. The van der Waals surface area contributed by atoms with Crippen LogP contribution in [0.5, 0.6) is 0 Å². The molecule has 82 valence electrons. The molecule has 16 heavy (non-hydrogen) atoms. The van der Waals surface area contributed by atoms with E-state index < -0.39 is 0 Å². The molecule has 0 aliphatic heterocycles. The largest absolute Gasteiger partial charge is 0.358 e. The summed E-state index contributed by atoms with van der Waals surface area (Å²) in [5.41, 5.74) is 5.48. The first-order chi connectivity index (χ1) is 7.66. The number of rotatable bonds is 3. The number of aryl methyl sites for hydroxylation is 1. The molecule has 2 aromatic rings. The molecular weight excluding hydrogens is 196 g/mol. The molecule has 0 aliphatic rings. The van der Waals surface area contributed by atoms with Gasteiger partial charge in [0.05, 0.1) is 5.69 Å². The Morgan fingerprint density at radius 2 is 1.94 bits per heavy atom. The van der Waals surface area contributed by atoms with Crippen molar-refractivity contribution >= 4 is 5.69 Å². The molecule has 0 atom stereocenters. The van der Waals surface area contributed by atoms with Gasteiger partial charge in [-0.3, -0.25) is 0 Å².